The molecule has 0 aromatic heterocycles. The molecular formula is C6H3F7NO2. The summed E-state index contributed by atoms with van der Waals surface area (Å²) < 4.78 is 83.7. The molecule has 0 spiro atoms. The Morgan fingerprint density at radius 3 is 1.81 bits per heavy atom. The summed E-state index contributed by atoms with van der Waals surface area (Å²) in [5, 5.41) is 0.858. The molecular weight excluding hydrogens is 251 g/mol. The van der Waals surface area contributed by atoms with Crippen molar-refractivity contribution in [1.82, 2.24) is 5.32 Å². The fourth-order valence-corrected chi connectivity index (χ4v) is 0.548. The minimum absolute atomic E-state index is 0.819. The van der Waals surface area contributed by atoms with Crippen LogP contribution < -0.4 is 5.32 Å². The van der Waals surface area contributed by atoms with Crippen LogP contribution in [-0.2, 0) is 9.59 Å². The third-order valence-electron chi connectivity index (χ3n) is 1.36. The van der Waals surface area contributed by atoms with Gasteiger partial charge in [-0.25, -0.2) is 0 Å². The number of carbonyl (C=O) groups is 1. The second-order valence-corrected chi connectivity index (χ2v) is 2.47. The Bertz CT molecular complexity index is 285. The van der Waals surface area contributed by atoms with E-state index < -0.39 is 30.5 Å². The summed E-state index contributed by atoms with van der Waals surface area (Å²) in [6.07, 6.45) is -5.77. The van der Waals surface area contributed by atoms with Gasteiger partial charge in [-0.15, -0.1) is 0 Å². The predicted octanol–water partition coefficient (Wildman–Crippen LogP) is 1.05. The van der Waals surface area contributed by atoms with Crippen molar-refractivity contribution in [3.05, 3.63) is 0 Å². The number of halogens is 7. The zero-order valence-corrected chi connectivity index (χ0v) is 7.17. The van der Waals surface area contributed by atoms with Crippen LogP contribution in [0.15, 0.2) is 0 Å². The fraction of sp³-hybridized carbons (Fsp3) is 0.667. The predicted molar refractivity (Wildman–Crippen MR) is 34.7 cm³/mol. The van der Waals surface area contributed by atoms with Gasteiger partial charge in [-0.3, -0.25) is 9.59 Å². The van der Waals surface area contributed by atoms with Gasteiger partial charge in [0.15, 0.2) is 0 Å². The molecule has 0 saturated heterocycles. The van der Waals surface area contributed by atoms with Gasteiger partial charge in [-0.2, -0.15) is 30.7 Å². The van der Waals surface area contributed by atoms with Crippen LogP contribution in [0, 0.1) is 0 Å². The van der Waals surface area contributed by atoms with Gasteiger partial charge in [-0.1, -0.05) is 0 Å². The molecule has 1 amide bonds. The van der Waals surface area contributed by atoms with Crippen LogP contribution in [0.3, 0.4) is 0 Å². The lowest BCUT2D eigenvalue weighted by Gasteiger charge is -2.26. The van der Waals surface area contributed by atoms with Crippen molar-refractivity contribution in [2.45, 2.75) is 18.0 Å². The first-order valence-electron chi connectivity index (χ1n) is 3.44. The standard InChI is InChI=1S/C6H3F7NO2/c7-4(8,3(16)14-1-2-15)5(9,10)6(11,12)13/h1H2,(H,14,16). The fourth-order valence-electron chi connectivity index (χ4n) is 0.548. The number of rotatable bonds is 4. The Hall–Kier alpha value is -1.35. The van der Waals surface area contributed by atoms with Gasteiger partial charge in [0.05, 0.1) is 6.54 Å². The van der Waals surface area contributed by atoms with Gasteiger partial charge in [0.25, 0.3) is 5.91 Å². The Balaban J connectivity index is 5.03. The summed E-state index contributed by atoms with van der Waals surface area (Å²) in [7, 11) is 0. The highest BCUT2D eigenvalue weighted by Gasteiger charge is 2.76. The van der Waals surface area contributed by atoms with E-state index in [1.54, 1.807) is 0 Å². The molecule has 0 aromatic carbocycles. The highest BCUT2D eigenvalue weighted by Crippen LogP contribution is 2.46. The van der Waals surface area contributed by atoms with Gasteiger partial charge in [0.1, 0.15) is 0 Å². The smallest absolute Gasteiger partial charge is 0.343 e. The summed E-state index contributed by atoms with van der Waals surface area (Å²) in [4.78, 5) is 19.8. The van der Waals surface area contributed by atoms with E-state index in [-0.39, 0.29) is 0 Å². The molecule has 1 radical (unpaired) electrons. The minimum Gasteiger partial charge on any atom is -0.343 e. The molecule has 0 saturated carbocycles. The molecule has 0 heterocycles. The zero-order chi connectivity index (χ0) is 13.2. The van der Waals surface area contributed by atoms with Crippen molar-refractivity contribution >= 4 is 12.2 Å². The Morgan fingerprint density at radius 1 is 1.06 bits per heavy atom. The molecule has 93 valence electrons. The van der Waals surface area contributed by atoms with Crippen LogP contribution >= 0.6 is 0 Å². The average Bonchev–Trinajstić information content (AvgIpc) is 2.11. The van der Waals surface area contributed by atoms with Crippen molar-refractivity contribution in [2.24, 2.45) is 0 Å². The summed E-state index contributed by atoms with van der Waals surface area (Å²) in [6.45, 7) is -1.22. The molecule has 0 bridgehead atoms. The molecule has 0 aliphatic carbocycles. The Morgan fingerprint density at radius 2 is 1.50 bits per heavy atom. The molecule has 0 atom stereocenters. The molecule has 0 fully saturated rings. The summed E-state index contributed by atoms with van der Waals surface area (Å²) >= 11 is 0. The van der Waals surface area contributed by atoms with Gasteiger partial charge in [0.2, 0.25) is 6.29 Å². The molecule has 0 aliphatic heterocycles. The van der Waals surface area contributed by atoms with E-state index in [0.717, 1.165) is 11.6 Å². The lowest BCUT2D eigenvalue weighted by molar-refractivity contribution is -0.344. The SMILES string of the molecule is O=[C]CNC(=O)C(F)(F)C(F)(F)C(F)(F)F. The van der Waals surface area contributed by atoms with Crippen molar-refractivity contribution < 1.29 is 40.3 Å². The van der Waals surface area contributed by atoms with E-state index in [0.29, 0.717) is 0 Å². The third kappa shape index (κ3) is 2.42. The van der Waals surface area contributed by atoms with Crippen LogP contribution in [-0.4, -0.2) is 36.8 Å². The monoisotopic (exact) mass is 254 g/mol. The van der Waals surface area contributed by atoms with Gasteiger partial charge in [0, 0.05) is 0 Å². The number of amides is 1. The quantitative estimate of drug-likeness (QED) is 0.762. The van der Waals surface area contributed by atoms with E-state index in [1.807, 2.05) is 0 Å². The number of hydrogen-bond donors (Lipinski definition) is 1. The maximum Gasteiger partial charge on any atom is 0.460 e. The van der Waals surface area contributed by atoms with E-state index in [4.69, 9.17) is 0 Å². The minimum atomic E-state index is -6.58. The maximum atomic E-state index is 12.4. The van der Waals surface area contributed by atoms with Gasteiger partial charge < -0.3 is 5.32 Å². The van der Waals surface area contributed by atoms with Crippen molar-refractivity contribution in [3.63, 3.8) is 0 Å². The summed E-state index contributed by atoms with van der Waals surface area (Å²) in [6, 6.07) is 0. The second-order valence-electron chi connectivity index (χ2n) is 2.47. The van der Waals surface area contributed by atoms with Crippen LogP contribution in [0.4, 0.5) is 30.7 Å². The van der Waals surface area contributed by atoms with E-state index in [2.05, 4.69) is 0 Å². The van der Waals surface area contributed by atoms with E-state index in [1.165, 1.54) is 0 Å². The molecule has 0 aliphatic rings. The van der Waals surface area contributed by atoms with Crippen molar-refractivity contribution in [2.75, 3.05) is 6.54 Å². The normalized spacial score (nSPS) is 13.4. The van der Waals surface area contributed by atoms with Crippen molar-refractivity contribution in [3.8, 4) is 0 Å². The first-order chi connectivity index (χ1) is 6.98. The summed E-state index contributed by atoms with van der Waals surface area (Å²) in [5.41, 5.74) is 0. The van der Waals surface area contributed by atoms with Crippen LogP contribution in [0.2, 0.25) is 0 Å². The number of alkyl halides is 7. The largest absolute Gasteiger partial charge is 0.460 e. The number of carbonyl (C=O) groups excluding carboxylic acids is 2. The lowest BCUT2D eigenvalue weighted by Crippen LogP contribution is -2.59. The number of hydrogen-bond acceptors (Lipinski definition) is 2. The van der Waals surface area contributed by atoms with E-state index >= 15 is 0 Å². The van der Waals surface area contributed by atoms with Gasteiger partial charge in [-0.05, 0) is 0 Å². The second kappa shape index (κ2) is 4.26. The molecule has 3 nitrogen and oxygen atoms in total. The van der Waals surface area contributed by atoms with Gasteiger partial charge >= 0.3 is 18.0 Å². The summed E-state index contributed by atoms with van der Waals surface area (Å²) in [5.74, 6) is -15.4. The topological polar surface area (TPSA) is 46.2 Å². The molecule has 16 heavy (non-hydrogen) atoms. The maximum absolute atomic E-state index is 12.4. The van der Waals surface area contributed by atoms with Crippen LogP contribution in [0.25, 0.3) is 0 Å². The van der Waals surface area contributed by atoms with E-state index in [9.17, 15) is 40.3 Å². The Labute approximate surface area is 83.6 Å². The molecule has 0 aromatic rings. The average molecular weight is 254 g/mol. The number of nitrogens with one attached hydrogen (secondary N) is 1. The van der Waals surface area contributed by atoms with Crippen LogP contribution in [0.5, 0.6) is 0 Å². The Kier molecular flexibility index (Phi) is 3.90. The van der Waals surface area contributed by atoms with Crippen molar-refractivity contribution in [1.29, 1.82) is 0 Å². The third-order valence-corrected chi connectivity index (χ3v) is 1.36. The highest BCUT2D eigenvalue weighted by molar-refractivity contribution is 5.86. The highest BCUT2D eigenvalue weighted by atomic mass is 19.4. The lowest BCUT2D eigenvalue weighted by atomic mass is 10.1. The molecule has 1 N–H and O–H groups in total. The zero-order valence-electron chi connectivity index (χ0n) is 7.17. The molecule has 0 unspecified atom stereocenters. The first-order valence-corrected chi connectivity index (χ1v) is 3.44. The van der Waals surface area contributed by atoms with Crippen LogP contribution in [0.1, 0.15) is 0 Å². The first kappa shape index (κ1) is 14.7. The molecule has 10 heteroatoms. The molecule has 0 rings (SSSR count).